The summed E-state index contributed by atoms with van der Waals surface area (Å²) < 4.78 is 6.03. The van der Waals surface area contributed by atoms with Crippen LogP contribution in [0.25, 0.3) is 22.6 Å². The third kappa shape index (κ3) is 5.60. The number of hydrazone groups is 1. The van der Waals surface area contributed by atoms with Gasteiger partial charge < -0.3 is 20.0 Å². The second-order valence-electron chi connectivity index (χ2n) is 10.0. The minimum atomic E-state index is -0.277. The lowest BCUT2D eigenvalue weighted by atomic mass is 10.1. The summed E-state index contributed by atoms with van der Waals surface area (Å²) in [5.41, 5.74) is 10.7. The van der Waals surface area contributed by atoms with Gasteiger partial charge in [0, 0.05) is 38.9 Å². The molecule has 4 aromatic rings. The lowest BCUT2D eigenvalue weighted by Crippen LogP contribution is -2.44. The number of nitrogens with one attached hydrogen (secondary N) is 4. The van der Waals surface area contributed by atoms with E-state index < -0.39 is 0 Å². The molecule has 4 N–H and O–H groups in total. The monoisotopic (exact) mass is 552 g/mol. The van der Waals surface area contributed by atoms with Crippen molar-refractivity contribution in [3.8, 4) is 11.5 Å². The maximum Gasteiger partial charge on any atom is 0.269 e. The number of amides is 1. The molecule has 12 heteroatoms. The van der Waals surface area contributed by atoms with Gasteiger partial charge in [-0.3, -0.25) is 20.2 Å². The van der Waals surface area contributed by atoms with Gasteiger partial charge in [0.05, 0.1) is 24.5 Å². The molecule has 0 saturated carbocycles. The Labute approximate surface area is 237 Å². The molecule has 2 unspecified atom stereocenters. The van der Waals surface area contributed by atoms with Gasteiger partial charge in [-0.05, 0) is 42.3 Å². The summed E-state index contributed by atoms with van der Waals surface area (Å²) in [5.74, 6) is 1.93. The van der Waals surface area contributed by atoms with Crippen molar-refractivity contribution in [3.63, 3.8) is 0 Å². The number of carbonyl (C=O) groups excluding carboxylic acids is 1. The van der Waals surface area contributed by atoms with Crippen molar-refractivity contribution in [2.45, 2.75) is 19.0 Å². The Balaban J connectivity index is 1.09. The Kier molecular flexibility index (Phi) is 7.32. The average Bonchev–Trinajstić information content (AvgIpc) is 3.71. The van der Waals surface area contributed by atoms with Crippen molar-refractivity contribution in [3.05, 3.63) is 83.7 Å². The molecule has 0 radical (unpaired) electrons. The van der Waals surface area contributed by atoms with Gasteiger partial charge >= 0.3 is 0 Å². The maximum atomic E-state index is 12.9. The van der Waals surface area contributed by atoms with Gasteiger partial charge in [-0.15, -0.1) is 10.2 Å². The fraction of sp³-hybridized carbons (Fsp3) is 0.276. The molecule has 12 nitrogen and oxygen atoms in total. The second-order valence-corrected chi connectivity index (χ2v) is 10.0. The number of hydrogen-bond acceptors (Lipinski definition) is 11. The van der Waals surface area contributed by atoms with E-state index in [0.717, 1.165) is 34.9 Å². The third-order valence-electron chi connectivity index (χ3n) is 7.27. The molecular formula is C29H32N10O2. The van der Waals surface area contributed by atoms with Crippen molar-refractivity contribution < 1.29 is 9.21 Å². The number of hydrazine groups is 2. The number of carbonyl (C=O) groups is 1. The summed E-state index contributed by atoms with van der Waals surface area (Å²) in [6.07, 6.45) is 1.59. The van der Waals surface area contributed by atoms with Crippen LogP contribution in [0, 0.1) is 0 Å². The lowest BCUT2D eigenvalue weighted by Gasteiger charge is -2.21. The molecular weight excluding hydrogens is 520 g/mol. The van der Waals surface area contributed by atoms with Crippen molar-refractivity contribution in [2.75, 3.05) is 33.7 Å². The lowest BCUT2D eigenvalue weighted by molar-refractivity contribution is 0.0949. The molecule has 0 spiro atoms. The summed E-state index contributed by atoms with van der Waals surface area (Å²) in [4.78, 5) is 28.6. The molecule has 4 heterocycles. The number of nitrogens with zero attached hydrogens (tertiary/aromatic N) is 6. The first-order valence-electron chi connectivity index (χ1n) is 13.5. The van der Waals surface area contributed by atoms with Gasteiger partial charge in [0.15, 0.2) is 11.4 Å². The number of aliphatic imine (C=N–C) groups is 1. The molecule has 210 valence electrons. The van der Waals surface area contributed by atoms with Gasteiger partial charge in [0.2, 0.25) is 5.89 Å². The average molecular weight is 553 g/mol. The number of hydrogen-bond donors (Lipinski definition) is 4. The molecule has 0 saturated heterocycles. The summed E-state index contributed by atoms with van der Waals surface area (Å²) in [7, 11) is 3.89. The normalized spacial score (nSPS) is 17.6. The highest BCUT2D eigenvalue weighted by molar-refractivity contribution is 5.93. The standard InChI is InChI=1S/C29H32N10O2/c1-18-33-17-24(38(18)2)20-9-10-25-22(15-20)34-29(41-25)21-11-12-30-23(16-21)28(40)32-14-13-31-26(19-7-5-4-6-8-19)27-35-37-39(3)36-27/h4-12,15-16,24,26,31,37H,13-14,17H2,1-3H3,(H,32,40)(H,35,36). The minimum Gasteiger partial charge on any atom is -0.436 e. The fourth-order valence-corrected chi connectivity index (χ4v) is 4.95. The molecule has 0 bridgehead atoms. The molecule has 2 aromatic carbocycles. The molecule has 1 amide bonds. The van der Waals surface area contributed by atoms with Crippen molar-refractivity contribution >= 4 is 28.7 Å². The minimum absolute atomic E-state index is 0.169. The molecule has 6 rings (SSSR count). The van der Waals surface area contributed by atoms with Crippen molar-refractivity contribution in [2.24, 2.45) is 10.1 Å². The second kappa shape index (κ2) is 11.4. The summed E-state index contributed by atoms with van der Waals surface area (Å²) >= 11 is 0. The Bertz CT molecular complexity index is 1620. The van der Waals surface area contributed by atoms with Gasteiger partial charge in [0.25, 0.3) is 5.91 Å². The van der Waals surface area contributed by atoms with E-state index in [1.54, 1.807) is 23.4 Å². The van der Waals surface area contributed by atoms with E-state index in [4.69, 9.17) is 9.40 Å². The maximum absolute atomic E-state index is 12.9. The number of aromatic nitrogens is 2. The van der Waals surface area contributed by atoms with E-state index in [-0.39, 0.29) is 23.7 Å². The third-order valence-corrected chi connectivity index (χ3v) is 7.27. The Morgan fingerprint density at radius 1 is 1.12 bits per heavy atom. The van der Waals surface area contributed by atoms with Crippen LogP contribution in [0.15, 0.2) is 81.4 Å². The number of likely N-dealkylation sites (N-methyl/N-ethyl adjacent to an activating group) is 1. The van der Waals surface area contributed by atoms with Crippen LogP contribution < -0.4 is 21.6 Å². The predicted octanol–water partition coefficient (Wildman–Crippen LogP) is 2.62. The van der Waals surface area contributed by atoms with E-state index in [0.29, 0.717) is 30.1 Å². The zero-order chi connectivity index (χ0) is 28.3. The first-order chi connectivity index (χ1) is 20.0. The van der Waals surface area contributed by atoms with Gasteiger partial charge in [-0.1, -0.05) is 36.4 Å². The Morgan fingerprint density at radius 3 is 2.73 bits per heavy atom. The van der Waals surface area contributed by atoms with E-state index >= 15 is 0 Å². The number of pyridine rings is 1. The van der Waals surface area contributed by atoms with Crippen molar-refractivity contribution in [1.29, 1.82) is 0 Å². The van der Waals surface area contributed by atoms with Crippen LogP contribution >= 0.6 is 0 Å². The van der Waals surface area contributed by atoms with Crippen LogP contribution in [0.1, 0.15) is 40.6 Å². The fourth-order valence-electron chi connectivity index (χ4n) is 4.95. The van der Waals surface area contributed by atoms with E-state index in [9.17, 15) is 4.79 Å². The van der Waals surface area contributed by atoms with Crippen LogP contribution in [-0.4, -0.2) is 71.3 Å². The van der Waals surface area contributed by atoms with Crippen LogP contribution in [0.2, 0.25) is 0 Å². The Morgan fingerprint density at radius 2 is 1.98 bits per heavy atom. The van der Waals surface area contributed by atoms with Crippen LogP contribution in [-0.2, 0) is 0 Å². The van der Waals surface area contributed by atoms with Gasteiger partial charge in [-0.2, -0.15) is 0 Å². The SMILES string of the molecule is CC1=NCC(c2ccc3oc(-c4ccnc(C(=O)NCCNC(C5=NNN(C)N5)c5ccccc5)c4)nc3c2)N1C. The quantitative estimate of drug-likeness (QED) is 0.231. The zero-order valence-electron chi connectivity index (χ0n) is 23.1. The summed E-state index contributed by atoms with van der Waals surface area (Å²) in [6.45, 7) is 3.66. The molecule has 2 aliphatic rings. The predicted molar refractivity (Wildman–Crippen MR) is 157 cm³/mol. The molecule has 0 aliphatic carbocycles. The van der Waals surface area contributed by atoms with E-state index in [1.807, 2.05) is 63.5 Å². The highest BCUT2D eigenvalue weighted by Crippen LogP contribution is 2.30. The van der Waals surface area contributed by atoms with Gasteiger partial charge in [-0.25, -0.2) is 10.5 Å². The zero-order valence-corrected chi connectivity index (χ0v) is 23.1. The molecule has 2 aliphatic heterocycles. The number of amidine groups is 2. The smallest absolute Gasteiger partial charge is 0.269 e. The van der Waals surface area contributed by atoms with E-state index in [2.05, 4.69) is 47.6 Å². The van der Waals surface area contributed by atoms with Crippen LogP contribution in [0.3, 0.4) is 0 Å². The molecule has 2 aromatic heterocycles. The van der Waals surface area contributed by atoms with Crippen LogP contribution in [0.4, 0.5) is 0 Å². The van der Waals surface area contributed by atoms with Gasteiger partial charge in [0.1, 0.15) is 11.2 Å². The molecule has 2 atom stereocenters. The first kappa shape index (κ1) is 26.4. The number of benzene rings is 2. The van der Waals surface area contributed by atoms with Crippen LogP contribution in [0.5, 0.6) is 0 Å². The highest BCUT2D eigenvalue weighted by Gasteiger charge is 2.25. The molecule has 0 fully saturated rings. The molecule has 41 heavy (non-hydrogen) atoms. The largest absolute Gasteiger partial charge is 0.436 e. The number of oxazole rings is 1. The first-order valence-corrected chi connectivity index (χ1v) is 13.5. The summed E-state index contributed by atoms with van der Waals surface area (Å²) in [5, 5.41) is 12.4. The Hall–Kier alpha value is -4.81. The van der Waals surface area contributed by atoms with E-state index in [1.165, 1.54) is 0 Å². The van der Waals surface area contributed by atoms with Crippen molar-refractivity contribution in [1.82, 2.24) is 41.6 Å². The topological polar surface area (TPSA) is 135 Å². The highest BCUT2D eigenvalue weighted by atomic mass is 16.3. The summed E-state index contributed by atoms with van der Waals surface area (Å²) in [6, 6.07) is 19.5. The number of fused-ring (bicyclic) bond motifs is 1. The number of rotatable bonds is 9.